The Bertz CT molecular complexity index is 1380. The van der Waals surface area contributed by atoms with Gasteiger partial charge in [0.25, 0.3) is 20.0 Å². The fourth-order valence-corrected chi connectivity index (χ4v) is 5.22. The third-order valence-electron chi connectivity index (χ3n) is 4.32. The maximum absolute atomic E-state index is 13.1. The van der Waals surface area contributed by atoms with E-state index in [1.54, 1.807) is 0 Å². The number of hydrogen-bond donors (Lipinski definition) is 2. The Morgan fingerprint density at radius 2 is 1.36 bits per heavy atom. The van der Waals surface area contributed by atoms with Crippen molar-refractivity contribution >= 4 is 43.0 Å². The molecule has 13 heteroatoms. The molecule has 7 nitrogen and oxygen atoms in total. The minimum atomic E-state index is -4.79. The van der Waals surface area contributed by atoms with Gasteiger partial charge in [0.05, 0.1) is 28.9 Å². The van der Waals surface area contributed by atoms with Crippen LogP contribution in [0.25, 0.3) is 0 Å². The lowest BCUT2D eigenvalue weighted by Crippen LogP contribution is -2.18. The summed E-state index contributed by atoms with van der Waals surface area (Å²) >= 11 is 5.77. The maximum Gasteiger partial charge on any atom is 0.416 e. The molecule has 0 aliphatic heterocycles. The molecular formula is C20H16ClF3N2O5S2. The topological polar surface area (TPSA) is 102 Å². The highest BCUT2D eigenvalue weighted by Gasteiger charge is 2.33. The zero-order valence-electron chi connectivity index (χ0n) is 16.7. The van der Waals surface area contributed by atoms with Crippen LogP contribution in [0.1, 0.15) is 5.56 Å². The summed E-state index contributed by atoms with van der Waals surface area (Å²) in [6, 6.07) is 12.6. The van der Waals surface area contributed by atoms with Crippen molar-refractivity contribution < 1.29 is 34.7 Å². The normalized spacial score (nSPS) is 12.3. The van der Waals surface area contributed by atoms with E-state index in [4.69, 9.17) is 16.3 Å². The van der Waals surface area contributed by atoms with Crippen molar-refractivity contribution in [2.75, 3.05) is 16.6 Å². The molecule has 0 saturated heterocycles. The minimum Gasteiger partial charge on any atom is -0.495 e. The molecule has 3 rings (SSSR count). The fraction of sp³-hybridized carbons (Fsp3) is 0.100. The Labute approximate surface area is 193 Å². The number of hydrogen-bond acceptors (Lipinski definition) is 5. The highest BCUT2D eigenvalue weighted by molar-refractivity contribution is 7.93. The van der Waals surface area contributed by atoms with Gasteiger partial charge in [-0.1, -0.05) is 23.7 Å². The number of para-hydroxylation sites is 2. The zero-order valence-corrected chi connectivity index (χ0v) is 19.1. The Kier molecular flexibility index (Phi) is 6.82. The Morgan fingerprint density at radius 1 is 0.818 bits per heavy atom. The molecule has 0 spiro atoms. The van der Waals surface area contributed by atoms with Gasteiger partial charge in [-0.25, -0.2) is 16.8 Å². The fourth-order valence-electron chi connectivity index (χ4n) is 2.74. The lowest BCUT2D eigenvalue weighted by atomic mass is 10.2. The van der Waals surface area contributed by atoms with Gasteiger partial charge in [-0.2, -0.15) is 13.2 Å². The van der Waals surface area contributed by atoms with Crippen LogP contribution in [-0.2, 0) is 26.2 Å². The van der Waals surface area contributed by atoms with Gasteiger partial charge in [0, 0.05) is 5.02 Å². The van der Waals surface area contributed by atoms with Gasteiger partial charge in [0.15, 0.2) is 0 Å². The summed E-state index contributed by atoms with van der Waals surface area (Å²) in [7, 11) is -7.64. The second-order valence-electron chi connectivity index (χ2n) is 6.57. The maximum atomic E-state index is 13.1. The van der Waals surface area contributed by atoms with Gasteiger partial charge < -0.3 is 4.74 Å². The zero-order chi connectivity index (χ0) is 24.4. The first-order valence-electron chi connectivity index (χ1n) is 8.99. The molecule has 0 heterocycles. The van der Waals surface area contributed by atoms with Crippen LogP contribution in [0.4, 0.5) is 24.5 Å². The SMILES string of the molecule is COc1ccc(C(F)(F)F)cc1S(=O)(=O)Nc1ccccc1NS(=O)(=O)c1ccc(Cl)cc1. The first kappa shape index (κ1) is 24.7. The smallest absolute Gasteiger partial charge is 0.416 e. The number of rotatable bonds is 7. The van der Waals surface area contributed by atoms with E-state index in [1.807, 2.05) is 0 Å². The standard InChI is InChI=1S/C20H16ClF3N2O5S2/c1-31-18-11-6-13(20(22,23)24)12-19(18)33(29,30)26-17-5-3-2-4-16(17)25-32(27,28)15-9-7-14(21)8-10-15/h2-12,25-26H,1H3. The molecule has 176 valence electrons. The van der Waals surface area contributed by atoms with E-state index in [9.17, 15) is 30.0 Å². The van der Waals surface area contributed by atoms with Crippen molar-refractivity contribution in [3.8, 4) is 5.75 Å². The van der Waals surface area contributed by atoms with Gasteiger partial charge in [-0.3, -0.25) is 9.44 Å². The summed E-state index contributed by atoms with van der Waals surface area (Å²) < 4.78 is 99.8. The van der Waals surface area contributed by atoms with Crippen molar-refractivity contribution in [1.29, 1.82) is 0 Å². The number of nitrogens with one attached hydrogen (secondary N) is 2. The first-order chi connectivity index (χ1) is 15.3. The van der Waals surface area contributed by atoms with Crippen LogP contribution in [0.2, 0.25) is 5.02 Å². The van der Waals surface area contributed by atoms with Gasteiger partial charge in [0.2, 0.25) is 0 Å². The van der Waals surface area contributed by atoms with Crippen LogP contribution < -0.4 is 14.2 Å². The molecule has 0 unspecified atom stereocenters. The molecule has 3 aromatic carbocycles. The van der Waals surface area contributed by atoms with E-state index in [2.05, 4.69) is 9.44 Å². The molecule has 0 aliphatic carbocycles. The number of methoxy groups -OCH3 is 1. The van der Waals surface area contributed by atoms with Crippen molar-refractivity contribution in [3.63, 3.8) is 0 Å². The van der Waals surface area contributed by atoms with Crippen LogP contribution in [0.5, 0.6) is 5.75 Å². The van der Waals surface area contributed by atoms with E-state index >= 15 is 0 Å². The second-order valence-corrected chi connectivity index (χ2v) is 10.3. The molecule has 0 aliphatic rings. The Morgan fingerprint density at radius 3 is 1.88 bits per heavy atom. The third kappa shape index (κ3) is 5.70. The molecule has 0 aromatic heterocycles. The molecule has 3 aromatic rings. The number of halogens is 4. The van der Waals surface area contributed by atoms with Crippen LogP contribution in [0.15, 0.2) is 76.5 Å². The third-order valence-corrected chi connectivity index (χ3v) is 7.34. The van der Waals surface area contributed by atoms with Crippen LogP contribution in [-0.4, -0.2) is 23.9 Å². The first-order valence-corrected chi connectivity index (χ1v) is 12.3. The Hall–Kier alpha value is -2.96. The van der Waals surface area contributed by atoms with Crippen molar-refractivity contribution in [2.45, 2.75) is 16.0 Å². The average Bonchev–Trinajstić information content (AvgIpc) is 2.74. The molecule has 0 radical (unpaired) electrons. The molecule has 0 fully saturated rings. The molecule has 0 atom stereocenters. The number of alkyl halides is 3. The lowest BCUT2D eigenvalue weighted by Gasteiger charge is -2.17. The monoisotopic (exact) mass is 520 g/mol. The molecule has 2 N–H and O–H groups in total. The Balaban J connectivity index is 1.99. The van der Waals surface area contributed by atoms with E-state index in [-0.39, 0.29) is 22.0 Å². The lowest BCUT2D eigenvalue weighted by molar-refractivity contribution is -0.137. The average molecular weight is 521 g/mol. The minimum absolute atomic E-state index is 0.135. The summed E-state index contributed by atoms with van der Waals surface area (Å²) in [5, 5.41) is 0.317. The number of benzene rings is 3. The predicted octanol–water partition coefficient (Wildman–Crippen LogP) is 4.97. The van der Waals surface area contributed by atoms with Crippen molar-refractivity contribution in [2.24, 2.45) is 0 Å². The quantitative estimate of drug-likeness (QED) is 0.458. The summed E-state index contributed by atoms with van der Waals surface area (Å²) in [6.07, 6.45) is -4.79. The van der Waals surface area contributed by atoms with E-state index in [0.717, 1.165) is 13.2 Å². The highest BCUT2D eigenvalue weighted by Crippen LogP contribution is 2.36. The number of anilines is 2. The largest absolute Gasteiger partial charge is 0.495 e. The predicted molar refractivity (Wildman–Crippen MR) is 118 cm³/mol. The summed E-state index contributed by atoms with van der Waals surface area (Å²) in [6.45, 7) is 0. The van der Waals surface area contributed by atoms with Crippen LogP contribution in [0.3, 0.4) is 0 Å². The summed E-state index contributed by atoms with van der Waals surface area (Å²) in [4.78, 5) is -0.903. The molecule has 0 saturated carbocycles. The van der Waals surface area contributed by atoms with E-state index in [0.29, 0.717) is 17.2 Å². The molecule has 0 bridgehead atoms. The summed E-state index contributed by atoms with van der Waals surface area (Å²) in [5.41, 5.74) is -1.56. The summed E-state index contributed by atoms with van der Waals surface area (Å²) in [5.74, 6) is -0.324. The second kappa shape index (κ2) is 9.12. The van der Waals surface area contributed by atoms with Gasteiger partial charge in [0.1, 0.15) is 10.6 Å². The highest BCUT2D eigenvalue weighted by atomic mass is 35.5. The van der Waals surface area contributed by atoms with E-state index < -0.39 is 36.7 Å². The molecule has 0 amide bonds. The van der Waals surface area contributed by atoms with E-state index in [1.165, 1.54) is 48.5 Å². The van der Waals surface area contributed by atoms with Crippen molar-refractivity contribution in [1.82, 2.24) is 0 Å². The van der Waals surface area contributed by atoms with Gasteiger partial charge in [-0.15, -0.1) is 0 Å². The molecule has 33 heavy (non-hydrogen) atoms. The van der Waals surface area contributed by atoms with Crippen molar-refractivity contribution in [3.05, 3.63) is 77.3 Å². The molecular weight excluding hydrogens is 505 g/mol. The number of ether oxygens (including phenoxy) is 1. The van der Waals surface area contributed by atoms with Gasteiger partial charge in [-0.05, 0) is 54.6 Å². The van der Waals surface area contributed by atoms with Crippen LogP contribution >= 0.6 is 11.6 Å². The van der Waals surface area contributed by atoms with Crippen LogP contribution in [0, 0.1) is 0 Å². The van der Waals surface area contributed by atoms with Gasteiger partial charge >= 0.3 is 6.18 Å². The number of sulfonamides is 2.